The first-order valence-corrected chi connectivity index (χ1v) is 6.24. The molecule has 0 saturated heterocycles. The van der Waals surface area contributed by atoms with Crippen molar-refractivity contribution in [3.63, 3.8) is 0 Å². The van der Waals surface area contributed by atoms with E-state index in [0.29, 0.717) is 11.5 Å². The average molecular weight is 319 g/mol. The maximum absolute atomic E-state index is 12.5. The van der Waals surface area contributed by atoms with Crippen molar-refractivity contribution < 1.29 is 13.2 Å². The summed E-state index contributed by atoms with van der Waals surface area (Å²) in [6, 6.07) is 6.81. The van der Waals surface area contributed by atoms with Gasteiger partial charge in [0.05, 0.1) is 17.8 Å². The molecule has 1 aliphatic rings. The summed E-state index contributed by atoms with van der Waals surface area (Å²) in [4.78, 5) is 0. The van der Waals surface area contributed by atoms with Crippen LogP contribution in [0.15, 0.2) is 30.3 Å². The van der Waals surface area contributed by atoms with E-state index in [1.165, 1.54) is 12.1 Å². The number of rotatable bonds is 2. The van der Waals surface area contributed by atoms with Crippen LogP contribution < -0.4 is 10.6 Å². The molecular weight excluding hydrogens is 305 g/mol. The smallest absolute Gasteiger partial charge is 0.339 e. The van der Waals surface area contributed by atoms with Gasteiger partial charge in [-0.1, -0.05) is 0 Å². The van der Waals surface area contributed by atoms with E-state index in [9.17, 15) is 13.2 Å². The Morgan fingerprint density at radius 2 is 1.90 bits per heavy atom. The van der Waals surface area contributed by atoms with Crippen molar-refractivity contribution in [2.75, 3.05) is 11.9 Å². The van der Waals surface area contributed by atoms with Gasteiger partial charge in [-0.15, -0.1) is 12.4 Å². The summed E-state index contributed by atoms with van der Waals surface area (Å²) in [5, 5.41) is 10.6. The molecule has 4 nitrogen and oxygen atoms in total. The van der Waals surface area contributed by atoms with E-state index < -0.39 is 11.7 Å². The van der Waals surface area contributed by atoms with Crippen molar-refractivity contribution in [1.82, 2.24) is 15.1 Å². The first-order valence-electron chi connectivity index (χ1n) is 6.24. The standard InChI is InChI=1S/C13H13F3N4.ClH/c14-13(15,16)9-1-3-10(4-2-9)18-12-7-11-8-17-5-6-20(11)19-12;/h1-4,7,17H,5-6,8H2,(H,18,19);1H. The summed E-state index contributed by atoms with van der Waals surface area (Å²) >= 11 is 0. The Kier molecular flexibility index (Phi) is 4.43. The molecule has 0 bridgehead atoms. The number of hydrogen-bond acceptors (Lipinski definition) is 3. The van der Waals surface area contributed by atoms with Crippen molar-refractivity contribution in [2.24, 2.45) is 0 Å². The lowest BCUT2D eigenvalue weighted by atomic mass is 10.2. The van der Waals surface area contributed by atoms with E-state index in [0.717, 1.165) is 37.5 Å². The summed E-state index contributed by atoms with van der Waals surface area (Å²) in [5.41, 5.74) is 0.989. The molecule has 114 valence electrons. The van der Waals surface area contributed by atoms with Crippen molar-refractivity contribution >= 4 is 23.9 Å². The van der Waals surface area contributed by atoms with Crippen LogP contribution in [-0.2, 0) is 19.3 Å². The monoisotopic (exact) mass is 318 g/mol. The number of fused-ring (bicyclic) bond motifs is 1. The largest absolute Gasteiger partial charge is 0.416 e. The molecule has 0 amide bonds. The Hall–Kier alpha value is -1.73. The SMILES string of the molecule is Cl.FC(F)(F)c1ccc(Nc2cc3n(n2)CCNC3)cc1. The molecule has 0 fully saturated rings. The molecule has 2 heterocycles. The molecule has 8 heteroatoms. The zero-order valence-corrected chi connectivity index (χ0v) is 11.8. The quantitative estimate of drug-likeness (QED) is 0.893. The minimum absolute atomic E-state index is 0. The summed E-state index contributed by atoms with van der Waals surface area (Å²) in [6.07, 6.45) is -4.31. The van der Waals surface area contributed by atoms with E-state index >= 15 is 0 Å². The van der Waals surface area contributed by atoms with Crippen LogP contribution in [0.1, 0.15) is 11.3 Å². The van der Waals surface area contributed by atoms with Crippen LogP contribution in [0.25, 0.3) is 0 Å². The van der Waals surface area contributed by atoms with Crippen LogP contribution in [0.2, 0.25) is 0 Å². The van der Waals surface area contributed by atoms with E-state index in [1.807, 2.05) is 10.7 Å². The normalized spacial score (nSPS) is 14.2. The summed E-state index contributed by atoms with van der Waals surface area (Å²) in [6.45, 7) is 2.42. The van der Waals surface area contributed by atoms with Gasteiger partial charge in [-0.2, -0.15) is 18.3 Å². The molecule has 1 aliphatic heterocycles. The molecule has 0 aliphatic carbocycles. The van der Waals surface area contributed by atoms with Gasteiger partial charge in [-0.25, -0.2) is 0 Å². The molecule has 21 heavy (non-hydrogen) atoms. The lowest BCUT2D eigenvalue weighted by Gasteiger charge is -2.13. The third-order valence-electron chi connectivity index (χ3n) is 3.15. The Bertz CT molecular complexity index is 583. The number of aromatic nitrogens is 2. The van der Waals surface area contributed by atoms with Gasteiger partial charge in [0, 0.05) is 24.8 Å². The molecule has 3 rings (SSSR count). The summed E-state index contributed by atoms with van der Waals surface area (Å²) < 4.78 is 39.3. The van der Waals surface area contributed by atoms with Crippen LogP contribution in [0.5, 0.6) is 0 Å². The van der Waals surface area contributed by atoms with Crippen LogP contribution in [-0.4, -0.2) is 16.3 Å². The van der Waals surface area contributed by atoms with Crippen molar-refractivity contribution in [1.29, 1.82) is 0 Å². The number of nitrogens with one attached hydrogen (secondary N) is 2. The topological polar surface area (TPSA) is 41.9 Å². The Morgan fingerprint density at radius 1 is 1.19 bits per heavy atom. The van der Waals surface area contributed by atoms with Gasteiger partial charge in [0.2, 0.25) is 0 Å². The molecule has 2 aromatic rings. The van der Waals surface area contributed by atoms with Crippen LogP contribution in [0, 0.1) is 0 Å². The van der Waals surface area contributed by atoms with Gasteiger partial charge < -0.3 is 10.6 Å². The van der Waals surface area contributed by atoms with Crippen molar-refractivity contribution in [3.05, 3.63) is 41.6 Å². The molecule has 0 radical (unpaired) electrons. The highest BCUT2D eigenvalue weighted by atomic mass is 35.5. The number of alkyl halides is 3. The molecular formula is C13H14ClF3N4. The second-order valence-electron chi connectivity index (χ2n) is 4.62. The molecule has 2 N–H and O–H groups in total. The molecule has 0 saturated carbocycles. The number of anilines is 2. The molecule has 0 spiro atoms. The van der Waals surface area contributed by atoms with Gasteiger partial charge >= 0.3 is 6.18 Å². The summed E-state index contributed by atoms with van der Waals surface area (Å²) in [7, 11) is 0. The van der Waals surface area contributed by atoms with E-state index in [2.05, 4.69) is 15.7 Å². The van der Waals surface area contributed by atoms with E-state index in [4.69, 9.17) is 0 Å². The zero-order chi connectivity index (χ0) is 14.2. The van der Waals surface area contributed by atoms with Crippen LogP contribution in [0.3, 0.4) is 0 Å². The third kappa shape index (κ3) is 3.48. The Morgan fingerprint density at radius 3 is 2.52 bits per heavy atom. The predicted octanol–water partition coefficient (Wildman–Crippen LogP) is 3.17. The van der Waals surface area contributed by atoms with Gasteiger partial charge in [-0.05, 0) is 24.3 Å². The lowest BCUT2D eigenvalue weighted by Crippen LogP contribution is -2.28. The predicted molar refractivity (Wildman–Crippen MR) is 75.9 cm³/mol. The lowest BCUT2D eigenvalue weighted by molar-refractivity contribution is -0.137. The number of halogens is 4. The fourth-order valence-electron chi connectivity index (χ4n) is 2.14. The minimum Gasteiger partial charge on any atom is -0.339 e. The second-order valence-corrected chi connectivity index (χ2v) is 4.62. The van der Waals surface area contributed by atoms with Gasteiger partial charge in [0.1, 0.15) is 0 Å². The van der Waals surface area contributed by atoms with Crippen LogP contribution in [0.4, 0.5) is 24.7 Å². The number of benzene rings is 1. The fourth-order valence-corrected chi connectivity index (χ4v) is 2.14. The van der Waals surface area contributed by atoms with E-state index in [-0.39, 0.29) is 12.4 Å². The maximum Gasteiger partial charge on any atom is 0.416 e. The highest BCUT2D eigenvalue weighted by Gasteiger charge is 2.29. The number of hydrogen-bond donors (Lipinski definition) is 2. The van der Waals surface area contributed by atoms with E-state index in [1.54, 1.807) is 0 Å². The van der Waals surface area contributed by atoms with Crippen LogP contribution >= 0.6 is 12.4 Å². The third-order valence-corrected chi connectivity index (χ3v) is 3.15. The minimum atomic E-state index is -4.31. The fraction of sp³-hybridized carbons (Fsp3) is 0.308. The first kappa shape index (κ1) is 15.7. The second kappa shape index (κ2) is 5.95. The molecule has 0 atom stereocenters. The maximum atomic E-state index is 12.5. The average Bonchev–Trinajstić information content (AvgIpc) is 2.80. The van der Waals surface area contributed by atoms with Gasteiger partial charge in [-0.3, -0.25) is 4.68 Å². The zero-order valence-electron chi connectivity index (χ0n) is 10.9. The molecule has 1 aromatic carbocycles. The summed E-state index contributed by atoms with van der Waals surface area (Å²) in [5.74, 6) is 0.642. The van der Waals surface area contributed by atoms with Gasteiger partial charge in [0.15, 0.2) is 5.82 Å². The Labute approximate surface area is 125 Å². The number of nitrogens with zero attached hydrogens (tertiary/aromatic N) is 2. The Balaban J connectivity index is 0.00000161. The highest BCUT2D eigenvalue weighted by Crippen LogP contribution is 2.30. The first-order chi connectivity index (χ1) is 9.52. The van der Waals surface area contributed by atoms with Gasteiger partial charge in [0.25, 0.3) is 0 Å². The van der Waals surface area contributed by atoms with Crippen molar-refractivity contribution in [2.45, 2.75) is 19.3 Å². The molecule has 1 aromatic heterocycles. The molecule has 0 unspecified atom stereocenters. The highest BCUT2D eigenvalue weighted by molar-refractivity contribution is 5.85. The van der Waals surface area contributed by atoms with Crippen molar-refractivity contribution in [3.8, 4) is 0 Å².